The van der Waals surface area contributed by atoms with E-state index in [-0.39, 0.29) is 6.04 Å². The summed E-state index contributed by atoms with van der Waals surface area (Å²) in [5.41, 5.74) is 10.3. The van der Waals surface area contributed by atoms with E-state index in [9.17, 15) is 4.79 Å². The Morgan fingerprint density at radius 3 is 2.46 bits per heavy atom. The number of nitrogens with two attached hydrogens (primary N) is 2. The SMILES string of the molecule is CC(C)(C)OC(=O)NC[C@H](N)CN. The van der Waals surface area contributed by atoms with Crippen LogP contribution in [0.25, 0.3) is 0 Å². The van der Waals surface area contributed by atoms with E-state index in [0.717, 1.165) is 0 Å². The molecule has 0 aliphatic rings. The lowest BCUT2D eigenvalue weighted by Crippen LogP contribution is -2.43. The van der Waals surface area contributed by atoms with E-state index >= 15 is 0 Å². The quantitative estimate of drug-likeness (QED) is 0.573. The zero-order valence-electron chi connectivity index (χ0n) is 8.46. The predicted octanol–water partition coefficient (Wildman–Crippen LogP) is -0.203. The number of amides is 1. The molecule has 0 spiro atoms. The molecule has 0 aromatic heterocycles. The van der Waals surface area contributed by atoms with Gasteiger partial charge in [0.15, 0.2) is 0 Å². The summed E-state index contributed by atoms with van der Waals surface area (Å²) in [7, 11) is 0. The minimum absolute atomic E-state index is 0.215. The van der Waals surface area contributed by atoms with Gasteiger partial charge < -0.3 is 21.5 Å². The minimum Gasteiger partial charge on any atom is -0.444 e. The Hall–Kier alpha value is -0.810. The molecule has 0 unspecified atom stereocenters. The molecule has 0 fully saturated rings. The van der Waals surface area contributed by atoms with Crippen LogP contribution in [-0.4, -0.2) is 30.8 Å². The van der Waals surface area contributed by atoms with Crippen LogP contribution in [0.15, 0.2) is 0 Å². The molecule has 0 aliphatic carbocycles. The molecular formula is C8H19N3O2. The zero-order chi connectivity index (χ0) is 10.5. The van der Waals surface area contributed by atoms with E-state index in [1.807, 2.05) is 0 Å². The fraction of sp³-hybridized carbons (Fsp3) is 0.875. The Kier molecular flexibility index (Phi) is 4.72. The van der Waals surface area contributed by atoms with E-state index in [1.54, 1.807) is 20.8 Å². The van der Waals surface area contributed by atoms with Gasteiger partial charge in [-0.1, -0.05) is 0 Å². The second kappa shape index (κ2) is 5.04. The van der Waals surface area contributed by atoms with Crippen molar-refractivity contribution in [2.24, 2.45) is 11.5 Å². The molecule has 1 amide bonds. The van der Waals surface area contributed by atoms with Crippen molar-refractivity contribution in [2.45, 2.75) is 32.4 Å². The Morgan fingerprint density at radius 2 is 2.08 bits per heavy atom. The molecule has 13 heavy (non-hydrogen) atoms. The second-order valence-corrected chi connectivity index (χ2v) is 3.88. The third-order valence-electron chi connectivity index (χ3n) is 1.21. The third-order valence-corrected chi connectivity index (χ3v) is 1.21. The molecule has 0 radical (unpaired) electrons. The molecule has 5 N–H and O–H groups in total. The molecule has 0 heterocycles. The maximum Gasteiger partial charge on any atom is 0.407 e. The Labute approximate surface area is 78.8 Å². The lowest BCUT2D eigenvalue weighted by Gasteiger charge is -2.20. The summed E-state index contributed by atoms with van der Waals surface area (Å²) in [5, 5.41) is 2.52. The van der Waals surface area contributed by atoms with E-state index in [4.69, 9.17) is 16.2 Å². The largest absolute Gasteiger partial charge is 0.444 e. The number of ether oxygens (including phenoxy) is 1. The van der Waals surface area contributed by atoms with Gasteiger partial charge in [-0.2, -0.15) is 0 Å². The Balaban J connectivity index is 3.64. The van der Waals surface area contributed by atoms with Gasteiger partial charge in [-0.05, 0) is 20.8 Å². The average molecular weight is 189 g/mol. The number of hydrogen-bond acceptors (Lipinski definition) is 4. The highest BCUT2D eigenvalue weighted by Crippen LogP contribution is 2.05. The predicted molar refractivity (Wildman–Crippen MR) is 51.3 cm³/mol. The highest BCUT2D eigenvalue weighted by atomic mass is 16.6. The van der Waals surface area contributed by atoms with Gasteiger partial charge in [0.2, 0.25) is 0 Å². The number of carbonyl (C=O) groups is 1. The molecule has 5 heteroatoms. The van der Waals surface area contributed by atoms with Crippen LogP contribution in [0, 0.1) is 0 Å². The molecule has 0 aliphatic heterocycles. The van der Waals surface area contributed by atoms with Crippen LogP contribution in [-0.2, 0) is 4.74 Å². The minimum atomic E-state index is -0.475. The van der Waals surface area contributed by atoms with E-state index in [2.05, 4.69) is 5.32 Å². The number of nitrogens with one attached hydrogen (secondary N) is 1. The van der Waals surface area contributed by atoms with Crippen molar-refractivity contribution >= 4 is 6.09 Å². The first kappa shape index (κ1) is 12.2. The number of carbonyl (C=O) groups excluding carboxylic acids is 1. The van der Waals surface area contributed by atoms with Crippen molar-refractivity contribution in [3.8, 4) is 0 Å². The van der Waals surface area contributed by atoms with Gasteiger partial charge in [-0.3, -0.25) is 0 Å². The van der Waals surface area contributed by atoms with Crippen molar-refractivity contribution in [1.29, 1.82) is 0 Å². The summed E-state index contributed by atoms with van der Waals surface area (Å²) in [5.74, 6) is 0. The first-order chi connectivity index (χ1) is 5.85. The van der Waals surface area contributed by atoms with E-state index in [1.165, 1.54) is 0 Å². The number of alkyl carbamates (subject to hydrolysis) is 1. The zero-order valence-corrected chi connectivity index (χ0v) is 8.46. The second-order valence-electron chi connectivity index (χ2n) is 3.88. The summed E-state index contributed by atoms with van der Waals surface area (Å²) in [4.78, 5) is 11.0. The first-order valence-electron chi connectivity index (χ1n) is 4.27. The summed E-state index contributed by atoms with van der Waals surface area (Å²) >= 11 is 0. The van der Waals surface area contributed by atoms with E-state index in [0.29, 0.717) is 13.1 Å². The molecular weight excluding hydrogens is 170 g/mol. The average Bonchev–Trinajstić information content (AvgIpc) is 1.97. The molecule has 0 rings (SSSR count). The summed E-state index contributed by atoms with van der Waals surface area (Å²) in [6.45, 7) is 6.08. The van der Waals surface area contributed by atoms with Gasteiger partial charge >= 0.3 is 6.09 Å². The number of rotatable bonds is 3. The van der Waals surface area contributed by atoms with Gasteiger partial charge in [0.25, 0.3) is 0 Å². The fourth-order valence-corrected chi connectivity index (χ4v) is 0.612. The molecule has 0 saturated heterocycles. The summed E-state index contributed by atoms with van der Waals surface area (Å²) < 4.78 is 4.99. The smallest absolute Gasteiger partial charge is 0.407 e. The fourth-order valence-electron chi connectivity index (χ4n) is 0.612. The van der Waals surface area contributed by atoms with Gasteiger partial charge in [0, 0.05) is 19.1 Å². The molecule has 0 bridgehead atoms. The topological polar surface area (TPSA) is 90.4 Å². The van der Waals surface area contributed by atoms with Gasteiger partial charge in [0.05, 0.1) is 0 Å². The molecule has 5 nitrogen and oxygen atoms in total. The first-order valence-corrected chi connectivity index (χ1v) is 4.27. The van der Waals surface area contributed by atoms with Crippen molar-refractivity contribution in [2.75, 3.05) is 13.1 Å². The summed E-state index contributed by atoms with van der Waals surface area (Å²) in [6, 6.07) is -0.215. The van der Waals surface area contributed by atoms with Crippen LogP contribution in [0.3, 0.4) is 0 Å². The van der Waals surface area contributed by atoms with Gasteiger partial charge in [-0.25, -0.2) is 4.79 Å². The maximum atomic E-state index is 11.0. The standard InChI is InChI=1S/C8H19N3O2/c1-8(2,3)13-7(12)11-5-6(10)4-9/h6H,4-5,9-10H2,1-3H3,(H,11,12)/t6-/m1/s1. The van der Waals surface area contributed by atoms with E-state index < -0.39 is 11.7 Å². The lowest BCUT2D eigenvalue weighted by atomic mass is 10.2. The van der Waals surface area contributed by atoms with Crippen LogP contribution in [0.4, 0.5) is 4.79 Å². The Bertz CT molecular complexity index is 165. The monoisotopic (exact) mass is 189 g/mol. The van der Waals surface area contributed by atoms with Crippen molar-refractivity contribution in [3.05, 3.63) is 0 Å². The molecule has 0 saturated carbocycles. The Morgan fingerprint density at radius 1 is 1.54 bits per heavy atom. The van der Waals surface area contributed by atoms with Crippen molar-refractivity contribution in [3.63, 3.8) is 0 Å². The number of hydrogen-bond donors (Lipinski definition) is 3. The lowest BCUT2D eigenvalue weighted by molar-refractivity contribution is 0.0525. The third kappa shape index (κ3) is 7.55. The molecule has 78 valence electrons. The van der Waals surface area contributed by atoms with Crippen LogP contribution in [0.1, 0.15) is 20.8 Å². The van der Waals surface area contributed by atoms with Crippen LogP contribution in [0.2, 0.25) is 0 Å². The van der Waals surface area contributed by atoms with Crippen LogP contribution < -0.4 is 16.8 Å². The van der Waals surface area contributed by atoms with Crippen LogP contribution >= 0.6 is 0 Å². The van der Waals surface area contributed by atoms with Crippen LogP contribution in [0.5, 0.6) is 0 Å². The van der Waals surface area contributed by atoms with Gasteiger partial charge in [-0.15, -0.1) is 0 Å². The highest BCUT2D eigenvalue weighted by molar-refractivity contribution is 5.67. The van der Waals surface area contributed by atoms with Crippen molar-refractivity contribution < 1.29 is 9.53 Å². The highest BCUT2D eigenvalue weighted by Gasteiger charge is 2.15. The molecule has 0 aromatic carbocycles. The van der Waals surface area contributed by atoms with Crippen molar-refractivity contribution in [1.82, 2.24) is 5.32 Å². The summed E-state index contributed by atoms with van der Waals surface area (Å²) in [6.07, 6.45) is -0.462. The maximum absolute atomic E-state index is 11.0. The molecule has 0 aromatic rings. The molecule has 1 atom stereocenters. The van der Waals surface area contributed by atoms with Gasteiger partial charge in [0.1, 0.15) is 5.60 Å². The normalized spacial score (nSPS) is 13.6.